The van der Waals surface area contributed by atoms with Crippen LogP contribution >= 0.6 is 0 Å². The molecule has 0 bridgehead atoms. The molecule has 3 aromatic heterocycles. The van der Waals surface area contributed by atoms with Crippen LogP contribution in [-0.2, 0) is 17.4 Å². The van der Waals surface area contributed by atoms with Crippen molar-refractivity contribution in [3.63, 3.8) is 0 Å². The van der Waals surface area contributed by atoms with Crippen LogP contribution in [0.3, 0.4) is 0 Å². The normalized spacial score (nSPS) is 14.5. The minimum absolute atomic E-state index is 0.0494. The van der Waals surface area contributed by atoms with Crippen molar-refractivity contribution in [3.8, 4) is 55.6 Å². The molecule has 2 spiro atoms. The Morgan fingerprint density at radius 3 is 1.15 bits per heavy atom. The molecule has 79 heavy (non-hydrogen) atoms. The number of aromatic nitrogens is 2. The molecular formula is C76H44N2O. The Morgan fingerprint density at radius 1 is 0.253 bits per heavy atom. The van der Waals surface area contributed by atoms with Gasteiger partial charge < -0.3 is 4.57 Å². The van der Waals surface area contributed by atoms with E-state index >= 15 is 0 Å². The highest BCUT2D eigenvalue weighted by Gasteiger charge is 2.54. The third kappa shape index (κ3) is 4.80. The van der Waals surface area contributed by atoms with E-state index in [0.29, 0.717) is 0 Å². The summed E-state index contributed by atoms with van der Waals surface area (Å²) >= 11 is 0. The topological polar surface area (TPSA) is 26.4 Å². The molecule has 0 amide bonds. The van der Waals surface area contributed by atoms with Gasteiger partial charge in [-0.3, -0.25) is 9.20 Å². The second kappa shape index (κ2) is 14.7. The standard InChI is InChI=1S/C38H21NO.C38H23N/c40-37-28-13-2-1-10-22(28)25-15-9-16-26-27-20-21-33-34(36(27)39(37)35(25)26)29-14-5-8-19-32(29)38(33)30-17-6-3-11-23(30)24-12-4-7-18-31(24)38;1-2-11-24-23(10-1)22-39-36-27(24)15-9-16-28(36)29-20-21-34-35(37(29)39)30-14-5-8-19-33(30)38(34)31-17-6-3-12-25(31)26-13-4-7-18-32(26)38/h1-21H;1-21H,22H2. The van der Waals surface area contributed by atoms with E-state index in [2.05, 4.69) is 241 Å². The van der Waals surface area contributed by atoms with E-state index in [0.717, 1.165) is 44.5 Å². The van der Waals surface area contributed by atoms with Gasteiger partial charge in [0.2, 0.25) is 0 Å². The molecule has 0 fully saturated rings. The molecule has 12 aromatic carbocycles. The van der Waals surface area contributed by atoms with Gasteiger partial charge in [0.25, 0.3) is 5.56 Å². The summed E-state index contributed by atoms with van der Waals surface area (Å²) in [4.78, 5) is 14.4. The van der Waals surface area contributed by atoms with Gasteiger partial charge in [-0.2, -0.15) is 0 Å². The fourth-order valence-electron chi connectivity index (χ4n) is 16.5. The lowest BCUT2D eigenvalue weighted by molar-refractivity contribution is 0.793. The molecule has 4 aliphatic carbocycles. The lowest BCUT2D eigenvalue weighted by Gasteiger charge is -2.30. The number of nitrogens with zero attached hydrogens (tertiary/aromatic N) is 2. The van der Waals surface area contributed by atoms with Crippen molar-refractivity contribution >= 4 is 59.8 Å². The Kier molecular flexibility index (Phi) is 7.82. The molecule has 15 aromatic rings. The maximum atomic E-state index is 14.4. The first-order valence-electron chi connectivity index (χ1n) is 27.7. The zero-order valence-electron chi connectivity index (χ0n) is 42.8. The van der Waals surface area contributed by atoms with E-state index < -0.39 is 5.41 Å². The first kappa shape index (κ1) is 42.1. The average Bonchev–Trinajstić information content (AvgIpc) is 2.41. The molecule has 20 rings (SSSR count). The summed E-state index contributed by atoms with van der Waals surface area (Å²) in [7, 11) is 0. The molecule has 364 valence electrons. The Balaban J connectivity index is 0.000000119. The van der Waals surface area contributed by atoms with E-state index in [1.807, 2.05) is 22.6 Å². The number of fused-ring (bicyclic) bond motifs is 32. The maximum absolute atomic E-state index is 14.4. The van der Waals surface area contributed by atoms with Crippen molar-refractivity contribution in [2.45, 2.75) is 17.4 Å². The predicted octanol–water partition coefficient (Wildman–Crippen LogP) is 17.7. The second-order valence-corrected chi connectivity index (χ2v) is 22.4. The quantitative estimate of drug-likeness (QED) is 0.139. The molecule has 5 aliphatic rings. The summed E-state index contributed by atoms with van der Waals surface area (Å²) in [6.07, 6.45) is 0. The molecule has 3 nitrogen and oxygen atoms in total. The molecule has 4 heterocycles. The third-order valence-electron chi connectivity index (χ3n) is 19.2. The number of hydrogen-bond donors (Lipinski definition) is 0. The Morgan fingerprint density at radius 2 is 0.608 bits per heavy atom. The smallest absolute Gasteiger partial charge is 0.263 e. The zero-order valence-corrected chi connectivity index (χ0v) is 42.8. The van der Waals surface area contributed by atoms with Crippen LogP contribution in [0.1, 0.15) is 50.1 Å². The van der Waals surface area contributed by atoms with E-state index in [-0.39, 0.29) is 11.0 Å². The minimum Gasteiger partial charge on any atom is -0.335 e. The van der Waals surface area contributed by atoms with Crippen LogP contribution in [0.15, 0.2) is 260 Å². The Hall–Kier alpha value is -10.1. The van der Waals surface area contributed by atoms with Gasteiger partial charge >= 0.3 is 0 Å². The lowest BCUT2D eigenvalue weighted by Crippen LogP contribution is -2.25. The second-order valence-electron chi connectivity index (χ2n) is 22.4. The number of pyridine rings is 1. The van der Waals surface area contributed by atoms with Gasteiger partial charge in [-0.05, 0) is 100 Å². The summed E-state index contributed by atoms with van der Waals surface area (Å²) in [5, 5.41) is 7.85. The van der Waals surface area contributed by atoms with Gasteiger partial charge in [-0.15, -0.1) is 0 Å². The summed E-state index contributed by atoms with van der Waals surface area (Å²) in [5.74, 6) is 0. The molecule has 0 unspecified atom stereocenters. The van der Waals surface area contributed by atoms with Gasteiger partial charge in [0, 0.05) is 55.6 Å². The predicted molar refractivity (Wildman–Crippen MR) is 324 cm³/mol. The first-order valence-corrected chi connectivity index (χ1v) is 27.7. The molecule has 0 saturated carbocycles. The van der Waals surface area contributed by atoms with Crippen LogP contribution in [0.2, 0.25) is 0 Å². The van der Waals surface area contributed by atoms with Crippen molar-refractivity contribution in [2.24, 2.45) is 0 Å². The van der Waals surface area contributed by atoms with Crippen molar-refractivity contribution in [1.29, 1.82) is 0 Å². The van der Waals surface area contributed by atoms with E-state index in [9.17, 15) is 4.79 Å². The molecule has 3 heteroatoms. The van der Waals surface area contributed by atoms with E-state index in [4.69, 9.17) is 0 Å². The zero-order chi connectivity index (χ0) is 51.5. The van der Waals surface area contributed by atoms with Crippen LogP contribution in [-0.4, -0.2) is 8.97 Å². The number of benzene rings is 12. The van der Waals surface area contributed by atoms with Crippen LogP contribution in [0.25, 0.3) is 115 Å². The summed E-state index contributed by atoms with van der Waals surface area (Å²) in [5.41, 5.74) is 29.4. The molecule has 0 saturated heterocycles. The van der Waals surface area contributed by atoms with Gasteiger partial charge in [-0.25, -0.2) is 0 Å². The summed E-state index contributed by atoms with van der Waals surface area (Å²) in [6.45, 7) is 0.895. The highest BCUT2D eigenvalue weighted by molar-refractivity contribution is 6.24. The van der Waals surface area contributed by atoms with E-state index in [1.165, 1.54) is 128 Å². The number of para-hydroxylation sites is 2. The van der Waals surface area contributed by atoms with Crippen molar-refractivity contribution in [2.75, 3.05) is 0 Å². The largest absolute Gasteiger partial charge is 0.335 e. The van der Waals surface area contributed by atoms with Gasteiger partial charge in [0.1, 0.15) is 0 Å². The summed E-state index contributed by atoms with van der Waals surface area (Å²) < 4.78 is 4.63. The van der Waals surface area contributed by atoms with Crippen LogP contribution < -0.4 is 5.56 Å². The summed E-state index contributed by atoms with van der Waals surface area (Å²) in [6, 6.07) is 93.5. The van der Waals surface area contributed by atoms with Gasteiger partial charge in [0.05, 0.1) is 32.9 Å². The molecule has 1 aliphatic heterocycles. The number of rotatable bonds is 0. The fourth-order valence-corrected chi connectivity index (χ4v) is 16.5. The van der Waals surface area contributed by atoms with Crippen LogP contribution in [0, 0.1) is 0 Å². The molecule has 0 radical (unpaired) electrons. The van der Waals surface area contributed by atoms with Gasteiger partial charge in [-0.1, -0.05) is 249 Å². The Bertz CT molecular complexity index is 5250. The van der Waals surface area contributed by atoms with Crippen LogP contribution in [0.5, 0.6) is 0 Å². The highest BCUT2D eigenvalue weighted by atomic mass is 16.1. The van der Waals surface area contributed by atoms with Gasteiger partial charge in [0.15, 0.2) is 0 Å². The molecular weight excluding hydrogens is 957 g/mol. The molecule has 0 N–H and O–H groups in total. The number of hydrogen-bond acceptors (Lipinski definition) is 1. The average molecular weight is 1000 g/mol. The highest BCUT2D eigenvalue weighted by Crippen LogP contribution is 2.66. The molecule has 0 atom stereocenters. The minimum atomic E-state index is -0.428. The first-order chi connectivity index (χ1) is 39.2. The third-order valence-corrected chi connectivity index (χ3v) is 19.2. The Labute approximate surface area is 454 Å². The van der Waals surface area contributed by atoms with Crippen molar-refractivity contribution < 1.29 is 0 Å². The lowest BCUT2D eigenvalue weighted by atomic mass is 9.70. The van der Waals surface area contributed by atoms with Crippen molar-refractivity contribution in [3.05, 3.63) is 315 Å². The monoisotopic (exact) mass is 1000 g/mol. The van der Waals surface area contributed by atoms with E-state index in [1.54, 1.807) is 0 Å². The fraction of sp³-hybridized carbons (Fsp3) is 0.0395. The van der Waals surface area contributed by atoms with Crippen LogP contribution in [0.4, 0.5) is 0 Å². The SMILES string of the molecule is O=c1c2ccccc2c2cccc3c4ccc5c(c4n1c23)-c1ccccc1C51c2ccccc2-c2ccccc21.c1ccc2c(c1)Cn1c3c-2cccc3c2ccc3c(c21)-c1ccccc1C31c2ccccc2-c2ccccc21. The maximum Gasteiger partial charge on any atom is 0.263 e. The van der Waals surface area contributed by atoms with Crippen molar-refractivity contribution in [1.82, 2.24) is 8.97 Å².